The number of benzene rings is 1. The highest BCUT2D eigenvalue weighted by molar-refractivity contribution is 5.97. The third-order valence-electron chi connectivity index (χ3n) is 2.66. The lowest BCUT2D eigenvalue weighted by molar-refractivity contribution is 0.0967. The maximum atomic E-state index is 11.9. The molecule has 0 heterocycles. The number of rotatable bonds is 7. The number of allylic oxidation sites excluding steroid dienone is 1. The van der Waals surface area contributed by atoms with Crippen LogP contribution < -0.4 is 10.1 Å². The van der Waals surface area contributed by atoms with Crippen molar-refractivity contribution in [2.45, 2.75) is 32.6 Å². The molecule has 0 bridgehead atoms. The summed E-state index contributed by atoms with van der Waals surface area (Å²) in [5.74, 6) is 0.452. The maximum absolute atomic E-state index is 11.9. The number of carbonyl (C=O) groups excluding carboxylic acids is 1. The number of unbranched alkanes of at least 4 members (excludes halogenated alkanes) is 3. The van der Waals surface area contributed by atoms with E-state index in [-0.39, 0.29) is 5.91 Å². The summed E-state index contributed by atoms with van der Waals surface area (Å²) < 4.78 is 5.14. The van der Waals surface area contributed by atoms with Crippen LogP contribution in [0, 0.1) is 0 Å². The second-order valence-electron chi connectivity index (χ2n) is 4.07. The highest BCUT2D eigenvalue weighted by Gasteiger charge is 2.08. The Morgan fingerprint density at radius 2 is 2.11 bits per heavy atom. The summed E-state index contributed by atoms with van der Waals surface area (Å²) in [4.78, 5) is 11.9. The number of para-hydroxylation sites is 1. The standard InChI is InChI=1S/C15H21NO2/c1-3-4-5-6-9-12-16-15(17)13-10-7-8-11-14(13)18-2/h7-12H,3-6H2,1-2H3,(H,16,17)/b12-9-. The lowest BCUT2D eigenvalue weighted by atomic mass is 10.2. The van der Waals surface area contributed by atoms with Gasteiger partial charge in [-0.15, -0.1) is 0 Å². The van der Waals surface area contributed by atoms with Crippen LogP contribution in [0.5, 0.6) is 5.75 Å². The van der Waals surface area contributed by atoms with Crippen LogP contribution in [-0.4, -0.2) is 13.0 Å². The molecule has 0 atom stereocenters. The van der Waals surface area contributed by atoms with E-state index in [1.807, 2.05) is 18.2 Å². The molecular weight excluding hydrogens is 226 g/mol. The lowest BCUT2D eigenvalue weighted by Crippen LogP contribution is -2.17. The van der Waals surface area contributed by atoms with Crippen LogP contribution in [-0.2, 0) is 0 Å². The quantitative estimate of drug-likeness (QED) is 0.749. The van der Waals surface area contributed by atoms with E-state index in [0.717, 1.165) is 12.8 Å². The molecule has 0 spiro atoms. The first-order valence-electron chi connectivity index (χ1n) is 6.38. The zero-order valence-electron chi connectivity index (χ0n) is 11.1. The van der Waals surface area contributed by atoms with Gasteiger partial charge in [0.05, 0.1) is 12.7 Å². The third kappa shape index (κ3) is 4.62. The van der Waals surface area contributed by atoms with Crippen LogP contribution in [0.25, 0.3) is 0 Å². The van der Waals surface area contributed by atoms with E-state index < -0.39 is 0 Å². The van der Waals surface area contributed by atoms with E-state index in [2.05, 4.69) is 12.2 Å². The first-order chi connectivity index (χ1) is 8.79. The van der Waals surface area contributed by atoms with Crippen LogP contribution in [0.4, 0.5) is 0 Å². The molecule has 1 aromatic carbocycles. The van der Waals surface area contributed by atoms with Crippen molar-refractivity contribution in [1.82, 2.24) is 5.32 Å². The largest absolute Gasteiger partial charge is 0.496 e. The summed E-state index contributed by atoms with van der Waals surface area (Å²) in [6.45, 7) is 2.17. The summed E-state index contributed by atoms with van der Waals surface area (Å²) in [7, 11) is 1.56. The number of hydrogen-bond donors (Lipinski definition) is 1. The Labute approximate surface area is 109 Å². The van der Waals surface area contributed by atoms with Gasteiger partial charge in [-0.25, -0.2) is 0 Å². The Morgan fingerprint density at radius 3 is 2.83 bits per heavy atom. The van der Waals surface area contributed by atoms with Gasteiger partial charge in [-0.1, -0.05) is 38.0 Å². The van der Waals surface area contributed by atoms with Crippen LogP contribution in [0.2, 0.25) is 0 Å². The summed E-state index contributed by atoms with van der Waals surface area (Å²) in [6, 6.07) is 7.19. The van der Waals surface area contributed by atoms with Crippen LogP contribution in [0.1, 0.15) is 43.0 Å². The number of hydrogen-bond acceptors (Lipinski definition) is 2. The van der Waals surface area contributed by atoms with Gasteiger partial charge in [-0.05, 0) is 25.0 Å². The van der Waals surface area contributed by atoms with E-state index >= 15 is 0 Å². The number of amides is 1. The Bertz CT molecular complexity index is 399. The Balaban J connectivity index is 2.45. The monoisotopic (exact) mass is 247 g/mol. The Morgan fingerprint density at radius 1 is 1.33 bits per heavy atom. The zero-order valence-corrected chi connectivity index (χ0v) is 11.1. The molecule has 0 unspecified atom stereocenters. The van der Waals surface area contributed by atoms with Gasteiger partial charge in [-0.3, -0.25) is 4.79 Å². The van der Waals surface area contributed by atoms with Crippen molar-refractivity contribution in [1.29, 1.82) is 0 Å². The van der Waals surface area contributed by atoms with E-state index in [1.54, 1.807) is 25.4 Å². The average Bonchev–Trinajstić information content (AvgIpc) is 2.42. The van der Waals surface area contributed by atoms with Crippen molar-refractivity contribution in [3.05, 3.63) is 42.1 Å². The second kappa shape index (κ2) is 8.34. The minimum Gasteiger partial charge on any atom is -0.496 e. The van der Waals surface area contributed by atoms with Crippen LogP contribution >= 0.6 is 0 Å². The van der Waals surface area contributed by atoms with Gasteiger partial charge in [0.1, 0.15) is 5.75 Å². The van der Waals surface area contributed by atoms with E-state index in [9.17, 15) is 4.79 Å². The van der Waals surface area contributed by atoms with Gasteiger partial charge < -0.3 is 10.1 Å². The molecule has 1 aromatic rings. The molecule has 0 saturated heterocycles. The zero-order chi connectivity index (χ0) is 13.2. The first-order valence-corrected chi connectivity index (χ1v) is 6.38. The normalized spacial score (nSPS) is 10.6. The van der Waals surface area contributed by atoms with Crippen LogP contribution in [0.15, 0.2) is 36.5 Å². The van der Waals surface area contributed by atoms with Crippen molar-refractivity contribution < 1.29 is 9.53 Å². The fourth-order valence-corrected chi connectivity index (χ4v) is 1.64. The van der Waals surface area contributed by atoms with Crippen molar-refractivity contribution >= 4 is 5.91 Å². The summed E-state index contributed by atoms with van der Waals surface area (Å²) in [6.07, 6.45) is 8.30. The predicted octanol–water partition coefficient (Wildman–Crippen LogP) is 3.52. The Kier molecular flexibility index (Phi) is 6.62. The fourth-order valence-electron chi connectivity index (χ4n) is 1.64. The summed E-state index contributed by atoms with van der Waals surface area (Å²) in [5.41, 5.74) is 0.554. The van der Waals surface area contributed by atoms with Crippen LogP contribution in [0.3, 0.4) is 0 Å². The van der Waals surface area contributed by atoms with Crippen molar-refractivity contribution in [3.63, 3.8) is 0 Å². The molecular formula is C15H21NO2. The topological polar surface area (TPSA) is 38.3 Å². The molecule has 0 aliphatic carbocycles. The maximum Gasteiger partial charge on any atom is 0.258 e. The molecule has 1 N–H and O–H groups in total. The molecule has 98 valence electrons. The van der Waals surface area contributed by atoms with E-state index in [1.165, 1.54) is 12.8 Å². The molecule has 3 heteroatoms. The SMILES string of the molecule is CCCCC/C=C\NC(=O)c1ccccc1OC. The molecule has 18 heavy (non-hydrogen) atoms. The molecule has 0 saturated carbocycles. The number of ether oxygens (including phenoxy) is 1. The minimum atomic E-state index is -0.140. The molecule has 0 fully saturated rings. The van der Waals surface area contributed by atoms with Gasteiger partial charge in [-0.2, -0.15) is 0 Å². The fraction of sp³-hybridized carbons (Fsp3) is 0.400. The molecule has 3 nitrogen and oxygen atoms in total. The smallest absolute Gasteiger partial charge is 0.258 e. The lowest BCUT2D eigenvalue weighted by Gasteiger charge is -2.06. The van der Waals surface area contributed by atoms with Gasteiger partial charge in [0.2, 0.25) is 0 Å². The van der Waals surface area contributed by atoms with Crippen molar-refractivity contribution in [2.75, 3.05) is 7.11 Å². The average molecular weight is 247 g/mol. The first kappa shape index (κ1) is 14.3. The van der Waals surface area contributed by atoms with Gasteiger partial charge in [0.25, 0.3) is 5.91 Å². The second-order valence-corrected chi connectivity index (χ2v) is 4.07. The van der Waals surface area contributed by atoms with E-state index in [0.29, 0.717) is 11.3 Å². The predicted molar refractivity (Wildman–Crippen MR) is 73.7 cm³/mol. The highest BCUT2D eigenvalue weighted by atomic mass is 16.5. The molecule has 1 rings (SSSR count). The number of nitrogens with one attached hydrogen (secondary N) is 1. The summed E-state index contributed by atoms with van der Waals surface area (Å²) >= 11 is 0. The highest BCUT2D eigenvalue weighted by Crippen LogP contribution is 2.16. The number of methoxy groups -OCH3 is 1. The van der Waals surface area contributed by atoms with Gasteiger partial charge >= 0.3 is 0 Å². The Hall–Kier alpha value is -1.77. The molecule has 1 amide bonds. The summed E-state index contributed by atoms with van der Waals surface area (Å²) in [5, 5.41) is 2.75. The molecule has 0 aliphatic heterocycles. The molecule has 0 aliphatic rings. The van der Waals surface area contributed by atoms with Crippen molar-refractivity contribution in [3.8, 4) is 5.75 Å². The van der Waals surface area contributed by atoms with Crippen molar-refractivity contribution in [2.24, 2.45) is 0 Å². The number of carbonyl (C=O) groups is 1. The molecule has 0 aromatic heterocycles. The third-order valence-corrected chi connectivity index (χ3v) is 2.66. The van der Waals surface area contributed by atoms with Gasteiger partial charge in [0.15, 0.2) is 0 Å². The van der Waals surface area contributed by atoms with E-state index in [4.69, 9.17) is 4.74 Å². The minimum absolute atomic E-state index is 0.140. The molecule has 0 radical (unpaired) electrons. The van der Waals surface area contributed by atoms with Gasteiger partial charge in [0, 0.05) is 6.20 Å².